The fraction of sp³-hybridized carbons (Fsp3) is 0.368. The molecule has 1 aliphatic heterocycles. The van der Waals surface area contributed by atoms with Gasteiger partial charge in [0, 0.05) is 37.7 Å². The third kappa shape index (κ3) is 5.58. The van der Waals surface area contributed by atoms with Gasteiger partial charge in [0.2, 0.25) is 0 Å². The highest BCUT2D eigenvalue weighted by Crippen LogP contribution is 2.24. The lowest BCUT2D eigenvalue weighted by molar-refractivity contribution is -0.139. The number of hydrogen-bond acceptors (Lipinski definition) is 5. The number of furan rings is 1. The zero-order valence-corrected chi connectivity index (χ0v) is 15.6. The second kappa shape index (κ2) is 9.57. The molecule has 8 heteroatoms. The van der Waals surface area contributed by atoms with E-state index >= 15 is 0 Å². The number of halogens is 1. The third-order valence-corrected chi connectivity index (χ3v) is 5.33. The van der Waals surface area contributed by atoms with Gasteiger partial charge in [-0.05, 0) is 29.8 Å². The van der Waals surface area contributed by atoms with E-state index in [9.17, 15) is 14.0 Å². The lowest BCUT2D eigenvalue weighted by atomic mass is 10.2. The minimum Gasteiger partial charge on any atom is -0.468 e. The molecule has 3 rings (SSSR count). The van der Waals surface area contributed by atoms with Gasteiger partial charge >= 0.3 is 11.8 Å². The van der Waals surface area contributed by atoms with Crippen LogP contribution in [0.25, 0.3) is 0 Å². The highest BCUT2D eigenvalue weighted by molar-refractivity contribution is 7.99. The number of amides is 2. The van der Waals surface area contributed by atoms with Crippen molar-refractivity contribution in [3.8, 4) is 0 Å². The van der Waals surface area contributed by atoms with Crippen molar-refractivity contribution in [2.24, 2.45) is 0 Å². The molecule has 2 heterocycles. The number of thioether (sulfide) groups is 1. The van der Waals surface area contributed by atoms with Crippen molar-refractivity contribution in [1.29, 1.82) is 0 Å². The molecule has 2 N–H and O–H groups in total. The van der Waals surface area contributed by atoms with Crippen LogP contribution < -0.4 is 10.6 Å². The molecule has 1 fully saturated rings. The van der Waals surface area contributed by atoms with Gasteiger partial charge in [0.25, 0.3) is 0 Å². The molecule has 1 atom stereocenters. The Kier molecular flexibility index (Phi) is 6.89. The highest BCUT2D eigenvalue weighted by atomic mass is 32.2. The fourth-order valence-corrected chi connectivity index (χ4v) is 3.85. The zero-order chi connectivity index (χ0) is 19.1. The van der Waals surface area contributed by atoms with Crippen LogP contribution in [0.5, 0.6) is 0 Å². The summed E-state index contributed by atoms with van der Waals surface area (Å²) in [5.74, 6) is 1.08. The number of carbonyl (C=O) groups is 2. The van der Waals surface area contributed by atoms with Gasteiger partial charge in [-0.3, -0.25) is 14.5 Å². The molecule has 27 heavy (non-hydrogen) atoms. The quantitative estimate of drug-likeness (QED) is 0.737. The van der Waals surface area contributed by atoms with Crippen molar-refractivity contribution in [2.45, 2.75) is 12.6 Å². The number of hydrogen-bond donors (Lipinski definition) is 2. The molecule has 1 aromatic heterocycles. The summed E-state index contributed by atoms with van der Waals surface area (Å²) in [7, 11) is 0. The summed E-state index contributed by atoms with van der Waals surface area (Å²) >= 11 is 1.90. The number of benzene rings is 1. The first kappa shape index (κ1) is 19.4. The van der Waals surface area contributed by atoms with Gasteiger partial charge in [0.15, 0.2) is 0 Å². The van der Waals surface area contributed by atoms with E-state index in [1.807, 2.05) is 23.9 Å². The average molecular weight is 391 g/mol. The van der Waals surface area contributed by atoms with Crippen LogP contribution in [0.1, 0.15) is 17.4 Å². The first-order valence-electron chi connectivity index (χ1n) is 8.79. The maximum atomic E-state index is 12.9. The van der Waals surface area contributed by atoms with Crippen LogP contribution in [0.3, 0.4) is 0 Å². The average Bonchev–Trinajstić information content (AvgIpc) is 3.22. The van der Waals surface area contributed by atoms with Crippen molar-refractivity contribution in [3.05, 3.63) is 59.8 Å². The van der Waals surface area contributed by atoms with Crippen LogP contribution in [0.2, 0.25) is 0 Å². The van der Waals surface area contributed by atoms with Crippen LogP contribution >= 0.6 is 11.8 Å². The molecule has 1 aliphatic rings. The largest absolute Gasteiger partial charge is 0.468 e. The van der Waals surface area contributed by atoms with Crippen LogP contribution in [0.4, 0.5) is 4.39 Å². The maximum Gasteiger partial charge on any atom is 0.309 e. The molecule has 0 unspecified atom stereocenters. The predicted molar refractivity (Wildman–Crippen MR) is 102 cm³/mol. The molecule has 0 saturated carbocycles. The SMILES string of the molecule is O=C(NCc1ccc(F)cc1)C(=O)NC[C@@H](c1ccco1)N1CCSCC1. The standard InChI is InChI=1S/C19H22FN3O3S/c20-15-5-3-14(4-6-15)12-21-18(24)19(25)22-13-16(17-2-1-9-26-17)23-7-10-27-11-8-23/h1-6,9,16H,7-8,10-13H2,(H,21,24)(H,22,25)/t16-/m0/s1. The molecule has 0 bridgehead atoms. The van der Waals surface area contributed by atoms with E-state index < -0.39 is 11.8 Å². The number of nitrogens with zero attached hydrogens (tertiary/aromatic N) is 1. The molecular formula is C19H22FN3O3S. The van der Waals surface area contributed by atoms with Gasteiger partial charge in [-0.1, -0.05) is 12.1 Å². The Morgan fingerprint density at radius 3 is 2.48 bits per heavy atom. The van der Waals surface area contributed by atoms with Gasteiger partial charge in [0.1, 0.15) is 11.6 Å². The van der Waals surface area contributed by atoms with E-state index in [1.54, 1.807) is 18.4 Å². The molecule has 6 nitrogen and oxygen atoms in total. The van der Waals surface area contributed by atoms with Crippen molar-refractivity contribution in [1.82, 2.24) is 15.5 Å². The number of nitrogens with one attached hydrogen (secondary N) is 2. The Hall–Kier alpha value is -2.32. The topological polar surface area (TPSA) is 74.6 Å². The Bertz CT molecular complexity index is 746. The van der Waals surface area contributed by atoms with Gasteiger partial charge in [-0.25, -0.2) is 4.39 Å². The smallest absolute Gasteiger partial charge is 0.309 e. The Morgan fingerprint density at radius 1 is 1.11 bits per heavy atom. The molecule has 144 valence electrons. The molecule has 0 aliphatic carbocycles. The number of carbonyl (C=O) groups excluding carboxylic acids is 2. The monoisotopic (exact) mass is 391 g/mol. The van der Waals surface area contributed by atoms with Crippen LogP contribution in [0.15, 0.2) is 47.1 Å². The Morgan fingerprint density at radius 2 is 1.81 bits per heavy atom. The van der Waals surface area contributed by atoms with E-state index in [1.165, 1.54) is 12.1 Å². The highest BCUT2D eigenvalue weighted by Gasteiger charge is 2.26. The van der Waals surface area contributed by atoms with Crippen molar-refractivity contribution < 1.29 is 18.4 Å². The van der Waals surface area contributed by atoms with E-state index in [-0.39, 0.29) is 18.4 Å². The lowest BCUT2D eigenvalue weighted by Crippen LogP contribution is -2.45. The normalized spacial score (nSPS) is 15.9. The van der Waals surface area contributed by atoms with Crippen molar-refractivity contribution in [3.63, 3.8) is 0 Å². The lowest BCUT2D eigenvalue weighted by Gasteiger charge is -2.33. The Balaban J connectivity index is 1.52. The number of rotatable bonds is 6. The van der Waals surface area contributed by atoms with Gasteiger partial charge in [-0.2, -0.15) is 11.8 Å². The Labute approximate surface area is 161 Å². The predicted octanol–water partition coefficient (Wildman–Crippen LogP) is 1.94. The van der Waals surface area contributed by atoms with Crippen molar-refractivity contribution >= 4 is 23.6 Å². The fourth-order valence-electron chi connectivity index (χ4n) is 2.91. The van der Waals surface area contributed by atoms with Crippen LogP contribution in [-0.2, 0) is 16.1 Å². The molecular weight excluding hydrogens is 369 g/mol. The molecule has 1 saturated heterocycles. The first-order chi connectivity index (χ1) is 13.1. The van der Waals surface area contributed by atoms with Gasteiger partial charge < -0.3 is 15.1 Å². The molecule has 2 aromatic rings. The summed E-state index contributed by atoms with van der Waals surface area (Å²) in [5.41, 5.74) is 0.719. The molecule has 1 aromatic carbocycles. The van der Waals surface area contributed by atoms with Crippen molar-refractivity contribution in [2.75, 3.05) is 31.1 Å². The first-order valence-corrected chi connectivity index (χ1v) is 9.94. The van der Waals surface area contributed by atoms with Gasteiger partial charge in [0.05, 0.1) is 12.3 Å². The van der Waals surface area contributed by atoms with E-state index in [2.05, 4.69) is 15.5 Å². The zero-order valence-electron chi connectivity index (χ0n) is 14.8. The van der Waals surface area contributed by atoms with Crippen LogP contribution in [0, 0.1) is 5.82 Å². The maximum absolute atomic E-state index is 12.9. The molecule has 2 amide bonds. The second-order valence-corrected chi connectivity index (χ2v) is 7.42. The summed E-state index contributed by atoms with van der Waals surface area (Å²) < 4.78 is 18.4. The summed E-state index contributed by atoms with van der Waals surface area (Å²) in [6, 6.07) is 9.35. The molecule has 0 spiro atoms. The van der Waals surface area contributed by atoms with E-state index in [0.717, 1.165) is 35.9 Å². The molecule has 0 radical (unpaired) electrons. The van der Waals surface area contributed by atoms with E-state index in [0.29, 0.717) is 6.54 Å². The second-order valence-electron chi connectivity index (χ2n) is 6.20. The summed E-state index contributed by atoms with van der Waals surface area (Å²) in [4.78, 5) is 26.4. The summed E-state index contributed by atoms with van der Waals surface area (Å²) in [5, 5.41) is 5.24. The summed E-state index contributed by atoms with van der Waals surface area (Å²) in [6.45, 7) is 2.27. The summed E-state index contributed by atoms with van der Waals surface area (Å²) in [6.07, 6.45) is 1.61. The van der Waals surface area contributed by atoms with Crippen LogP contribution in [-0.4, -0.2) is 47.9 Å². The third-order valence-electron chi connectivity index (χ3n) is 4.39. The minimum atomic E-state index is -0.716. The van der Waals surface area contributed by atoms with Gasteiger partial charge in [-0.15, -0.1) is 0 Å². The van der Waals surface area contributed by atoms with E-state index in [4.69, 9.17) is 4.42 Å². The minimum absolute atomic E-state index is 0.102.